The average molecular weight is 290 g/mol. The predicted molar refractivity (Wildman–Crippen MR) is 81.5 cm³/mol. The maximum Gasteiger partial charge on any atom is 0.317 e. The lowest BCUT2D eigenvalue weighted by Gasteiger charge is -2.18. The quantitative estimate of drug-likeness (QED) is 0.805. The lowest BCUT2D eigenvalue weighted by molar-refractivity contribution is -0.138. The van der Waals surface area contributed by atoms with Crippen molar-refractivity contribution < 1.29 is 14.7 Å². The van der Waals surface area contributed by atoms with Gasteiger partial charge in [0.15, 0.2) is 0 Å². The summed E-state index contributed by atoms with van der Waals surface area (Å²) < 4.78 is 0. The minimum Gasteiger partial charge on any atom is -0.480 e. The molecule has 5 heteroatoms. The predicted octanol–water partition coefficient (Wildman–Crippen LogP) is 1.91. The van der Waals surface area contributed by atoms with E-state index < -0.39 is 5.97 Å². The second kappa shape index (κ2) is 7.22. The van der Waals surface area contributed by atoms with Crippen molar-refractivity contribution in [3.05, 3.63) is 29.3 Å². The third-order valence-electron chi connectivity index (χ3n) is 3.65. The molecule has 1 aromatic rings. The van der Waals surface area contributed by atoms with Crippen molar-refractivity contribution in [1.29, 1.82) is 0 Å². The fourth-order valence-corrected chi connectivity index (χ4v) is 2.77. The zero-order valence-electron chi connectivity index (χ0n) is 12.4. The molecule has 1 aliphatic rings. The molecule has 1 aliphatic carbocycles. The zero-order chi connectivity index (χ0) is 15.2. The van der Waals surface area contributed by atoms with Gasteiger partial charge < -0.3 is 10.4 Å². The van der Waals surface area contributed by atoms with Crippen LogP contribution in [0.3, 0.4) is 0 Å². The normalized spacial score (nSPS) is 13.2. The van der Waals surface area contributed by atoms with Crippen LogP contribution < -0.4 is 5.32 Å². The van der Waals surface area contributed by atoms with Crippen molar-refractivity contribution in [3.8, 4) is 0 Å². The Morgan fingerprint density at radius 3 is 2.71 bits per heavy atom. The molecule has 0 aromatic heterocycles. The average Bonchev–Trinajstić information content (AvgIpc) is 2.85. The summed E-state index contributed by atoms with van der Waals surface area (Å²) in [6, 6.07) is 6.02. The number of rotatable bonds is 7. The van der Waals surface area contributed by atoms with E-state index in [1.54, 1.807) is 4.90 Å². The second-order valence-electron chi connectivity index (χ2n) is 5.49. The molecule has 0 saturated heterocycles. The highest BCUT2D eigenvalue weighted by Crippen LogP contribution is 2.24. The first kappa shape index (κ1) is 15.5. The molecule has 0 heterocycles. The van der Waals surface area contributed by atoms with Crippen molar-refractivity contribution in [1.82, 2.24) is 4.90 Å². The highest BCUT2D eigenvalue weighted by atomic mass is 16.4. The Hall–Kier alpha value is -1.88. The molecule has 2 rings (SSSR count). The maximum atomic E-state index is 12.0. The molecule has 0 radical (unpaired) electrons. The number of nitrogens with zero attached hydrogens (tertiary/aromatic N) is 1. The van der Waals surface area contributed by atoms with Gasteiger partial charge >= 0.3 is 5.97 Å². The van der Waals surface area contributed by atoms with Gasteiger partial charge in [-0.1, -0.05) is 13.0 Å². The minimum atomic E-state index is -0.909. The maximum absolute atomic E-state index is 12.0. The number of fused-ring (bicyclic) bond motifs is 1. The Labute approximate surface area is 125 Å². The summed E-state index contributed by atoms with van der Waals surface area (Å²) in [7, 11) is 0. The lowest BCUT2D eigenvalue weighted by atomic mass is 10.1. The summed E-state index contributed by atoms with van der Waals surface area (Å²) in [4.78, 5) is 24.5. The molecular formula is C16H22N2O3. The van der Waals surface area contributed by atoms with E-state index in [4.69, 9.17) is 5.11 Å². The fourth-order valence-electron chi connectivity index (χ4n) is 2.77. The highest BCUT2D eigenvalue weighted by molar-refractivity contribution is 5.92. The number of anilines is 1. The van der Waals surface area contributed by atoms with E-state index in [9.17, 15) is 9.59 Å². The Morgan fingerprint density at radius 1 is 1.24 bits per heavy atom. The van der Waals surface area contributed by atoms with Crippen LogP contribution in [0.25, 0.3) is 0 Å². The van der Waals surface area contributed by atoms with Gasteiger partial charge in [0.05, 0.1) is 13.1 Å². The number of nitrogens with one attached hydrogen (secondary N) is 1. The molecular weight excluding hydrogens is 268 g/mol. The van der Waals surface area contributed by atoms with E-state index in [0.29, 0.717) is 6.54 Å². The lowest BCUT2D eigenvalue weighted by Crippen LogP contribution is -2.37. The molecule has 0 spiro atoms. The molecule has 0 fully saturated rings. The van der Waals surface area contributed by atoms with Crippen molar-refractivity contribution >= 4 is 17.6 Å². The summed E-state index contributed by atoms with van der Waals surface area (Å²) in [5.41, 5.74) is 3.47. The molecule has 21 heavy (non-hydrogen) atoms. The highest BCUT2D eigenvalue weighted by Gasteiger charge is 2.15. The number of hydrogen-bond donors (Lipinski definition) is 2. The van der Waals surface area contributed by atoms with Gasteiger partial charge in [-0.3, -0.25) is 14.5 Å². The van der Waals surface area contributed by atoms with Gasteiger partial charge in [0, 0.05) is 5.69 Å². The van der Waals surface area contributed by atoms with Crippen molar-refractivity contribution in [3.63, 3.8) is 0 Å². The Kier molecular flexibility index (Phi) is 5.33. The zero-order valence-corrected chi connectivity index (χ0v) is 12.4. The fraction of sp³-hybridized carbons (Fsp3) is 0.500. The molecule has 5 nitrogen and oxygen atoms in total. The molecule has 0 saturated carbocycles. The van der Waals surface area contributed by atoms with E-state index in [1.165, 1.54) is 17.5 Å². The third kappa shape index (κ3) is 4.56. The molecule has 1 aromatic carbocycles. The summed E-state index contributed by atoms with van der Waals surface area (Å²) in [5, 5.41) is 11.7. The first-order chi connectivity index (χ1) is 10.1. The smallest absolute Gasteiger partial charge is 0.317 e. The van der Waals surface area contributed by atoms with Crippen LogP contribution in [-0.2, 0) is 22.4 Å². The molecule has 2 N–H and O–H groups in total. The summed E-state index contributed by atoms with van der Waals surface area (Å²) >= 11 is 0. The van der Waals surface area contributed by atoms with E-state index >= 15 is 0 Å². The largest absolute Gasteiger partial charge is 0.480 e. The van der Waals surface area contributed by atoms with Crippen LogP contribution >= 0.6 is 0 Å². The number of amides is 1. The van der Waals surface area contributed by atoms with Gasteiger partial charge in [-0.2, -0.15) is 0 Å². The van der Waals surface area contributed by atoms with E-state index in [-0.39, 0.29) is 19.0 Å². The van der Waals surface area contributed by atoms with Crippen molar-refractivity contribution in [2.45, 2.75) is 32.6 Å². The van der Waals surface area contributed by atoms with Crippen LogP contribution in [0.2, 0.25) is 0 Å². The van der Waals surface area contributed by atoms with Gasteiger partial charge in [-0.25, -0.2) is 0 Å². The monoisotopic (exact) mass is 290 g/mol. The molecule has 114 valence electrons. The van der Waals surface area contributed by atoms with Crippen LogP contribution in [0, 0.1) is 0 Å². The summed E-state index contributed by atoms with van der Waals surface area (Å²) in [5.74, 6) is -1.07. The molecule has 1 amide bonds. The molecule has 0 atom stereocenters. The van der Waals surface area contributed by atoms with Gasteiger partial charge in [-0.15, -0.1) is 0 Å². The molecule has 0 bridgehead atoms. The number of carboxylic acids is 1. The summed E-state index contributed by atoms with van der Waals surface area (Å²) in [6.45, 7) is 2.57. The van der Waals surface area contributed by atoms with Gasteiger partial charge in [0.25, 0.3) is 0 Å². The van der Waals surface area contributed by atoms with Crippen molar-refractivity contribution in [2.24, 2.45) is 0 Å². The Balaban J connectivity index is 1.92. The van der Waals surface area contributed by atoms with Crippen LogP contribution in [0.4, 0.5) is 5.69 Å². The first-order valence-electron chi connectivity index (χ1n) is 7.44. The SMILES string of the molecule is CCCN(CC(=O)O)CC(=O)Nc1ccc2c(c1)CCC2. The second-order valence-corrected chi connectivity index (χ2v) is 5.49. The third-order valence-corrected chi connectivity index (χ3v) is 3.65. The number of hydrogen-bond acceptors (Lipinski definition) is 3. The Morgan fingerprint density at radius 2 is 2.00 bits per heavy atom. The van der Waals surface area contributed by atoms with Crippen LogP contribution in [0.1, 0.15) is 30.9 Å². The van der Waals surface area contributed by atoms with E-state index in [2.05, 4.69) is 11.4 Å². The number of carboxylic acid groups (broad SMARTS) is 1. The number of benzene rings is 1. The number of carbonyl (C=O) groups is 2. The molecule has 0 aliphatic heterocycles. The standard InChI is InChI=1S/C16H22N2O3/c1-2-8-18(11-16(20)21)10-15(19)17-14-7-6-12-4-3-5-13(12)9-14/h6-7,9H,2-5,8,10-11H2,1H3,(H,17,19)(H,20,21). The number of carbonyl (C=O) groups excluding carboxylic acids is 1. The first-order valence-corrected chi connectivity index (χ1v) is 7.44. The topological polar surface area (TPSA) is 69.6 Å². The Bertz CT molecular complexity index is 528. The van der Waals surface area contributed by atoms with Gasteiger partial charge in [0.2, 0.25) is 5.91 Å². The van der Waals surface area contributed by atoms with Gasteiger partial charge in [0.1, 0.15) is 0 Å². The van der Waals surface area contributed by atoms with E-state index in [1.807, 2.05) is 19.1 Å². The summed E-state index contributed by atoms with van der Waals surface area (Å²) in [6.07, 6.45) is 4.18. The molecule has 0 unspecified atom stereocenters. The van der Waals surface area contributed by atoms with Crippen molar-refractivity contribution in [2.75, 3.05) is 25.0 Å². The van der Waals surface area contributed by atoms with Gasteiger partial charge in [-0.05, 0) is 55.5 Å². The van der Waals surface area contributed by atoms with E-state index in [0.717, 1.165) is 24.9 Å². The van der Waals surface area contributed by atoms with Crippen LogP contribution in [0.15, 0.2) is 18.2 Å². The number of aryl methyl sites for hydroxylation is 2. The number of aliphatic carboxylic acids is 1. The van der Waals surface area contributed by atoms with Crippen LogP contribution in [0.5, 0.6) is 0 Å². The van der Waals surface area contributed by atoms with Crippen LogP contribution in [-0.4, -0.2) is 41.5 Å². The minimum absolute atomic E-state index is 0.106.